The summed E-state index contributed by atoms with van der Waals surface area (Å²) in [4.78, 5) is 11.0. The number of rotatable bonds is 4. The van der Waals surface area contributed by atoms with E-state index in [0.717, 1.165) is 34.8 Å². The van der Waals surface area contributed by atoms with E-state index in [0.29, 0.717) is 0 Å². The Morgan fingerprint density at radius 2 is 1.88 bits per heavy atom. The summed E-state index contributed by atoms with van der Waals surface area (Å²) in [6.45, 7) is 2.03. The zero-order valence-electron chi connectivity index (χ0n) is 10.1. The van der Waals surface area contributed by atoms with Gasteiger partial charge in [-0.2, -0.15) is 0 Å². The molecule has 0 aliphatic heterocycles. The van der Waals surface area contributed by atoms with Crippen molar-refractivity contribution >= 4 is 17.1 Å². The van der Waals surface area contributed by atoms with E-state index in [1.165, 1.54) is 0 Å². The molecule has 2 nitrogen and oxygen atoms in total. The molecule has 0 amide bonds. The molecule has 0 fully saturated rings. The van der Waals surface area contributed by atoms with Crippen LogP contribution in [0.5, 0.6) is 5.75 Å². The van der Waals surface area contributed by atoms with E-state index in [9.17, 15) is 4.79 Å². The Bertz CT molecular complexity index is 531. The standard InChI is InChI=1S/C15H16O2/c1-3-11(10-16)12-4-5-14-9-15(17-2)7-6-13(14)8-12/h4-11H,3H2,1-2H3. The van der Waals surface area contributed by atoms with E-state index in [2.05, 4.69) is 6.07 Å². The fourth-order valence-electron chi connectivity index (χ4n) is 2.01. The molecular weight excluding hydrogens is 212 g/mol. The highest BCUT2D eigenvalue weighted by Gasteiger charge is 2.08. The molecule has 0 saturated heterocycles. The van der Waals surface area contributed by atoms with E-state index in [1.54, 1.807) is 7.11 Å². The van der Waals surface area contributed by atoms with Crippen molar-refractivity contribution in [3.8, 4) is 5.75 Å². The first-order valence-electron chi connectivity index (χ1n) is 5.81. The maximum Gasteiger partial charge on any atom is 0.127 e. The highest BCUT2D eigenvalue weighted by atomic mass is 16.5. The van der Waals surface area contributed by atoms with Crippen LogP contribution in [0, 0.1) is 0 Å². The molecule has 0 bridgehead atoms. The Labute approximate surface area is 101 Å². The minimum absolute atomic E-state index is 0.00139. The van der Waals surface area contributed by atoms with Crippen LogP contribution in [-0.2, 0) is 4.79 Å². The molecule has 2 aromatic carbocycles. The first kappa shape index (κ1) is 11.6. The van der Waals surface area contributed by atoms with Crippen LogP contribution < -0.4 is 4.74 Å². The molecule has 1 unspecified atom stereocenters. The van der Waals surface area contributed by atoms with Crippen molar-refractivity contribution in [3.05, 3.63) is 42.0 Å². The van der Waals surface area contributed by atoms with Gasteiger partial charge in [0, 0.05) is 5.92 Å². The Kier molecular flexibility index (Phi) is 3.43. The van der Waals surface area contributed by atoms with E-state index in [-0.39, 0.29) is 5.92 Å². The monoisotopic (exact) mass is 228 g/mol. The van der Waals surface area contributed by atoms with E-state index < -0.39 is 0 Å². The third kappa shape index (κ3) is 2.31. The van der Waals surface area contributed by atoms with Crippen LogP contribution in [0.2, 0.25) is 0 Å². The molecule has 2 rings (SSSR count). The van der Waals surface area contributed by atoms with Crippen molar-refractivity contribution in [1.29, 1.82) is 0 Å². The smallest absolute Gasteiger partial charge is 0.127 e. The quantitative estimate of drug-likeness (QED) is 0.748. The Balaban J connectivity index is 2.47. The van der Waals surface area contributed by atoms with Crippen molar-refractivity contribution in [1.82, 2.24) is 0 Å². The molecule has 0 aromatic heterocycles. The Morgan fingerprint density at radius 3 is 2.53 bits per heavy atom. The lowest BCUT2D eigenvalue weighted by molar-refractivity contribution is -0.109. The number of fused-ring (bicyclic) bond motifs is 1. The van der Waals surface area contributed by atoms with Crippen LogP contribution in [0.4, 0.5) is 0 Å². The maximum absolute atomic E-state index is 11.0. The molecule has 2 heteroatoms. The number of aldehydes is 1. The van der Waals surface area contributed by atoms with Gasteiger partial charge in [0.2, 0.25) is 0 Å². The molecule has 0 N–H and O–H groups in total. The number of methoxy groups -OCH3 is 1. The summed E-state index contributed by atoms with van der Waals surface area (Å²) < 4.78 is 5.19. The maximum atomic E-state index is 11.0. The lowest BCUT2D eigenvalue weighted by Crippen LogP contribution is -1.97. The fraction of sp³-hybridized carbons (Fsp3) is 0.267. The summed E-state index contributed by atoms with van der Waals surface area (Å²) in [7, 11) is 1.66. The number of ether oxygens (including phenoxy) is 1. The van der Waals surface area contributed by atoms with Gasteiger partial charge >= 0.3 is 0 Å². The second-order valence-corrected chi connectivity index (χ2v) is 4.12. The van der Waals surface area contributed by atoms with Crippen LogP contribution in [-0.4, -0.2) is 13.4 Å². The summed E-state index contributed by atoms with van der Waals surface area (Å²) in [6.07, 6.45) is 1.86. The first-order valence-corrected chi connectivity index (χ1v) is 5.81. The number of hydrogen-bond acceptors (Lipinski definition) is 2. The van der Waals surface area contributed by atoms with Gasteiger partial charge in [0.25, 0.3) is 0 Å². The van der Waals surface area contributed by atoms with E-state index >= 15 is 0 Å². The predicted octanol–water partition coefficient (Wildman–Crippen LogP) is 3.54. The second kappa shape index (κ2) is 5.00. The molecule has 17 heavy (non-hydrogen) atoms. The van der Waals surface area contributed by atoms with Crippen LogP contribution in [0.3, 0.4) is 0 Å². The topological polar surface area (TPSA) is 26.3 Å². The average Bonchev–Trinajstić information content (AvgIpc) is 2.39. The number of benzene rings is 2. The Morgan fingerprint density at radius 1 is 1.18 bits per heavy atom. The summed E-state index contributed by atoms with van der Waals surface area (Å²) in [5.74, 6) is 0.856. The molecule has 0 spiro atoms. The number of hydrogen-bond donors (Lipinski definition) is 0. The second-order valence-electron chi connectivity index (χ2n) is 4.12. The fourth-order valence-corrected chi connectivity index (χ4v) is 2.01. The SMILES string of the molecule is CCC(C=O)c1ccc2cc(OC)ccc2c1. The molecule has 0 saturated carbocycles. The van der Waals surface area contributed by atoms with Gasteiger partial charge in [-0.15, -0.1) is 0 Å². The molecule has 2 aromatic rings. The van der Waals surface area contributed by atoms with E-state index in [4.69, 9.17) is 4.74 Å². The summed E-state index contributed by atoms with van der Waals surface area (Å²) in [5.41, 5.74) is 1.08. The minimum Gasteiger partial charge on any atom is -0.497 e. The van der Waals surface area contributed by atoms with Gasteiger partial charge in [0.1, 0.15) is 12.0 Å². The van der Waals surface area contributed by atoms with Crippen LogP contribution in [0.1, 0.15) is 24.8 Å². The number of carbonyl (C=O) groups is 1. The molecule has 88 valence electrons. The van der Waals surface area contributed by atoms with Crippen molar-refractivity contribution < 1.29 is 9.53 Å². The van der Waals surface area contributed by atoms with Crippen molar-refractivity contribution in [2.45, 2.75) is 19.3 Å². The van der Waals surface area contributed by atoms with Gasteiger partial charge in [-0.05, 0) is 34.9 Å². The van der Waals surface area contributed by atoms with Crippen molar-refractivity contribution in [3.63, 3.8) is 0 Å². The van der Waals surface area contributed by atoms with Crippen LogP contribution in [0.25, 0.3) is 10.8 Å². The summed E-state index contributed by atoms with van der Waals surface area (Å²) >= 11 is 0. The van der Waals surface area contributed by atoms with E-state index in [1.807, 2.05) is 37.3 Å². The molecular formula is C15H16O2. The third-order valence-corrected chi connectivity index (χ3v) is 3.10. The highest BCUT2D eigenvalue weighted by Crippen LogP contribution is 2.25. The molecule has 0 aliphatic rings. The van der Waals surface area contributed by atoms with Gasteiger partial charge in [-0.25, -0.2) is 0 Å². The lowest BCUT2D eigenvalue weighted by atomic mass is 9.95. The summed E-state index contributed by atoms with van der Waals surface area (Å²) in [6, 6.07) is 12.1. The molecule has 0 heterocycles. The van der Waals surface area contributed by atoms with Gasteiger partial charge in [0.05, 0.1) is 7.11 Å². The molecule has 1 atom stereocenters. The third-order valence-electron chi connectivity index (χ3n) is 3.10. The average molecular weight is 228 g/mol. The Hall–Kier alpha value is -1.83. The van der Waals surface area contributed by atoms with Gasteiger partial charge in [-0.3, -0.25) is 0 Å². The largest absolute Gasteiger partial charge is 0.497 e. The first-order chi connectivity index (χ1) is 8.28. The molecule has 0 radical (unpaired) electrons. The van der Waals surface area contributed by atoms with Gasteiger partial charge < -0.3 is 9.53 Å². The number of carbonyl (C=O) groups excluding carboxylic acids is 1. The lowest BCUT2D eigenvalue weighted by Gasteiger charge is -2.09. The van der Waals surface area contributed by atoms with Crippen molar-refractivity contribution in [2.75, 3.05) is 7.11 Å². The summed E-state index contributed by atoms with van der Waals surface area (Å²) in [5, 5.41) is 2.28. The minimum atomic E-state index is 0.00139. The zero-order chi connectivity index (χ0) is 12.3. The van der Waals surface area contributed by atoms with Crippen molar-refractivity contribution in [2.24, 2.45) is 0 Å². The van der Waals surface area contributed by atoms with Crippen LogP contribution in [0.15, 0.2) is 36.4 Å². The van der Waals surface area contributed by atoms with Crippen LogP contribution >= 0.6 is 0 Å². The molecule has 0 aliphatic carbocycles. The highest BCUT2D eigenvalue weighted by molar-refractivity contribution is 5.85. The van der Waals surface area contributed by atoms with Gasteiger partial charge in [-0.1, -0.05) is 31.2 Å². The van der Waals surface area contributed by atoms with Gasteiger partial charge in [0.15, 0.2) is 0 Å². The predicted molar refractivity (Wildman–Crippen MR) is 69.6 cm³/mol. The normalized spacial score (nSPS) is 12.4. The zero-order valence-corrected chi connectivity index (χ0v) is 10.1.